The number of alkyl carbamates (subject to hydrolysis) is 1. The molecule has 7 nitrogen and oxygen atoms in total. The van der Waals surface area contributed by atoms with Crippen molar-refractivity contribution in [1.82, 2.24) is 15.5 Å². The van der Waals surface area contributed by atoms with Gasteiger partial charge < -0.3 is 15.4 Å². The van der Waals surface area contributed by atoms with E-state index in [0.717, 1.165) is 42.6 Å². The number of ether oxygens (including phenoxy) is 1. The van der Waals surface area contributed by atoms with Gasteiger partial charge in [-0.15, -0.1) is 0 Å². The summed E-state index contributed by atoms with van der Waals surface area (Å²) in [5.74, 6) is -0.739. The van der Waals surface area contributed by atoms with Crippen molar-refractivity contribution in [3.8, 4) is 12.5 Å². The van der Waals surface area contributed by atoms with Crippen molar-refractivity contribution in [2.45, 2.75) is 104 Å². The predicted octanol–water partition coefficient (Wildman–Crippen LogP) is 4.84. The highest BCUT2D eigenvalue weighted by Crippen LogP contribution is 2.25. The normalized spacial score (nSPS) is 16.1. The highest BCUT2D eigenvalue weighted by atomic mass is 16.6. The Hall–Kier alpha value is -3.01. The van der Waals surface area contributed by atoms with Crippen LogP contribution in [0.1, 0.15) is 90.3 Å². The number of nitrogens with one attached hydrogen (secondary N) is 2. The van der Waals surface area contributed by atoms with Gasteiger partial charge in [0.1, 0.15) is 17.7 Å². The average Bonchev–Trinajstić information content (AvgIpc) is 2.76. The van der Waals surface area contributed by atoms with Crippen LogP contribution in [0.25, 0.3) is 0 Å². The van der Waals surface area contributed by atoms with Crippen LogP contribution in [-0.2, 0) is 14.3 Å². The molecule has 7 heteroatoms. The third kappa shape index (κ3) is 8.93. The van der Waals surface area contributed by atoms with E-state index in [1.165, 1.54) is 0 Å². The number of hydrogen-bond donors (Lipinski definition) is 2. The van der Waals surface area contributed by atoms with Crippen LogP contribution in [0.3, 0.4) is 0 Å². The summed E-state index contributed by atoms with van der Waals surface area (Å²) in [6.45, 7) is 11.1. The van der Waals surface area contributed by atoms with Crippen LogP contribution in [0.15, 0.2) is 24.3 Å². The van der Waals surface area contributed by atoms with Gasteiger partial charge in [0.25, 0.3) is 5.91 Å². The van der Waals surface area contributed by atoms with Crippen molar-refractivity contribution < 1.29 is 19.1 Å². The molecule has 1 fully saturated rings. The van der Waals surface area contributed by atoms with Gasteiger partial charge in [0.15, 0.2) is 0 Å². The topological polar surface area (TPSA) is 87.7 Å². The second-order valence-corrected chi connectivity index (χ2v) is 10.8. The van der Waals surface area contributed by atoms with Crippen LogP contribution >= 0.6 is 0 Å². The summed E-state index contributed by atoms with van der Waals surface area (Å²) in [7, 11) is 0. The molecule has 3 amide bonds. The number of nitrogens with zero attached hydrogens (tertiary/aromatic N) is 1. The van der Waals surface area contributed by atoms with Crippen molar-refractivity contribution in [2.75, 3.05) is 0 Å². The lowest BCUT2D eigenvalue weighted by Crippen LogP contribution is -2.52. The van der Waals surface area contributed by atoms with E-state index in [0.29, 0.717) is 12.0 Å². The zero-order valence-electron chi connectivity index (χ0n) is 22.0. The molecular formula is C28H41N3O4. The largest absolute Gasteiger partial charge is 0.444 e. The summed E-state index contributed by atoms with van der Waals surface area (Å²) in [4.78, 5) is 40.9. The summed E-state index contributed by atoms with van der Waals surface area (Å²) in [5, 5.41) is 5.79. The number of aryl methyl sites for hydroxylation is 1. The molecule has 0 radical (unpaired) electrons. The van der Waals surface area contributed by atoms with Gasteiger partial charge in [-0.25, -0.2) is 4.79 Å². The molecule has 1 saturated carbocycles. The highest BCUT2D eigenvalue weighted by Gasteiger charge is 2.36. The third-order valence-electron chi connectivity index (χ3n) is 5.92. The Morgan fingerprint density at radius 2 is 1.71 bits per heavy atom. The molecule has 2 unspecified atom stereocenters. The summed E-state index contributed by atoms with van der Waals surface area (Å²) in [6.07, 6.45) is 10.6. The van der Waals surface area contributed by atoms with Gasteiger partial charge in [0, 0.05) is 12.1 Å². The molecule has 1 aliphatic carbocycles. The Labute approximate surface area is 210 Å². The predicted molar refractivity (Wildman–Crippen MR) is 137 cm³/mol. The Kier molecular flexibility index (Phi) is 10.2. The standard InChI is InChI=1S/C28H41N3O4/c1-8-31(26(33)23(18-19(2)3)30-27(34)35-28(5,6)7)24(21-16-14-20(4)15-17-21)25(32)29-22-12-10-9-11-13-22/h1,14-17,19,22-24H,9-13,18H2,2-7H3,(H,29,32)(H,30,34). The van der Waals surface area contributed by atoms with Crippen LogP contribution in [-0.4, -0.2) is 40.5 Å². The number of terminal acetylenes is 1. The minimum absolute atomic E-state index is 0.0604. The molecule has 0 spiro atoms. The Balaban J connectivity index is 2.36. The first-order chi connectivity index (χ1) is 16.4. The van der Waals surface area contributed by atoms with E-state index in [9.17, 15) is 14.4 Å². The Bertz CT molecular complexity index is 906. The fourth-order valence-corrected chi connectivity index (χ4v) is 4.27. The maximum atomic E-state index is 13.7. The number of hydrogen-bond acceptors (Lipinski definition) is 4. The quantitative estimate of drug-likeness (QED) is 0.409. The van der Waals surface area contributed by atoms with E-state index in [1.807, 2.05) is 45.0 Å². The van der Waals surface area contributed by atoms with Crippen LogP contribution in [0.2, 0.25) is 0 Å². The van der Waals surface area contributed by atoms with E-state index in [4.69, 9.17) is 11.2 Å². The number of carbonyl (C=O) groups is 3. The van der Waals surface area contributed by atoms with Crippen molar-refractivity contribution in [2.24, 2.45) is 5.92 Å². The van der Waals surface area contributed by atoms with Crippen LogP contribution in [0.4, 0.5) is 4.79 Å². The number of benzene rings is 1. The Morgan fingerprint density at radius 3 is 2.23 bits per heavy atom. The lowest BCUT2D eigenvalue weighted by molar-refractivity contribution is -0.139. The molecule has 2 rings (SSSR count). The van der Waals surface area contributed by atoms with Gasteiger partial charge in [-0.2, -0.15) is 0 Å². The van der Waals surface area contributed by atoms with Gasteiger partial charge in [-0.05, 0) is 58.4 Å². The fourth-order valence-electron chi connectivity index (χ4n) is 4.27. The molecule has 35 heavy (non-hydrogen) atoms. The summed E-state index contributed by atoms with van der Waals surface area (Å²) in [6, 6.07) is 7.97. The maximum absolute atomic E-state index is 13.7. The first kappa shape index (κ1) is 28.2. The molecule has 2 atom stereocenters. The molecule has 1 aromatic rings. The van der Waals surface area contributed by atoms with Crippen molar-refractivity contribution in [3.63, 3.8) is 0 Å². The first-order valence-electron chi connectivity index (χ1n) is 12.6. The lowest BCUT2D eigenvalue weighted by atomic mass is 9.94. The van der Waals surface area contributed by atoms with E-state index in [1.54, 1.807) is 20.8 Å². The molecule has 0 aromatic heterocycles. The van der Waals surface area contributed by atoms with Crippen molar-refractivity contribution >= 4 is 17.9 Å². The van der Waals surface area contributed by atoms with E-state index in [2.05, 4.69) is 16.7 Å². The third-order valence-corrected chi connectivity index (χ3v) is 5.92. The average molecular weight is 484 g/mol. The molecule has 192 valence electrons. The fraction of sp³-hybridized carbons (Fsp3) is 0.607. The van der Waals surface area contributed by atoms with E-state index in [-0.39, 0.29) is 17.9 Å². The van der Waals surface area contributed by atoms with Crippen LogP contribution < -0.4 is 10.6 Å². The van der Waals surface area contributed by atoms with E-state index < -0.39 is 29.7 Å². The van der Waals surface area contributed by atoms with Gasteiger partial charge in [-0.1, -0.05) is 69.4 Å². The second-order valence-electron chi connectivity index (χ2n) is 10.8. The number of rotatable bonds is 8. The monoisotopic (exact) mass is 483 g/mol. The van der Waals surface area contributed by atoms with E-state index >= 15 is 0 Å². The number of amides is 3. The minimum atomic E-state index is -1.01. The molecule has 2 N–H and O–H groups in total. The second kappa shape index (κ2) is 12.6. The maximum Gasteiger partial charge on any atom is 0.408 e. The molecule has 0 saturated heterocycles. The summed E-state index contributed by atoms with van der Waals surface area (Å²) >= 11 is 0. The smallest absolute Gasteiger partial charge is 0.408 e. The molecule has 0 heterocycles. The molecule has 1 aliphatic rings. The highest BCUT2D eigenvalue weighted by molar-refractivity contribution is 5.93. The van der Waals surface area contributed by atoms with Gasteiger partial charge >= 0.3 is 6.09 Å². The SMILES string of the molecule is C#CN(C(=O)C(CC(C)C)NC(=O)OC(C)(C)C)C(C(=O)NC1CCCCC1)c1ccc(C)cc1. The molecule has 0 bridgehead atoms. The summed E-state index contributed by atoms with van der Waals surface area (Å²) < 4.78 is 5.37. The van der Waals surface area contributed by atoms with Gasteiger partial charge in [0.05, 0.1) is 0 Å². The van der Waals surface area contributed by atoms with Gasteiger partial charge in [0.2, 0.25) is 5.91 Å². The molecular weight excluding hydrogens is 442 g/mol. The Morgan fingerprint density at radius 1 is 1.11 bits per heavy atom. The zero-order valence-corrected chi connectivity index (χ0v) is 22.0. The van der Waals surface area contributed by atoms with Gasteiger partial charge in [-0.3, -0.25) is 14.5 Å². The first-order valence-corrected chi connectivity index (χ1v) is 12.6. The van der Waals surface area contributed by atoms with Crippen molar-refractivity contribution in [1.29, 1.82) is 0 Å². The van der Waals surface area contributed by atoms with Crippen LogP contribution in [0, 0.1) is 25.3 Å². The minimum Gasteiger partial charge on any atom is -0.444 e. The molecule has 0 aliphatic heterocycles. The van der Waals surface area contributed by atoms with Crippen LogP contribution in [0.5, 0.6) is 0 Å². The zero-order chi connectivity index (χ0) is 26.2. The van der Waals surface area contributed by atoms with Crippen molar-refractivity contribution in [3.05, 3.63) is 35.4 Å². The summed E-state index contributed by atoms with van der Waals surface area (Å²) in [5.41, 5.74) is 0.935. The lowest BCUT2D eigenvalue weighted by Gasteiger charge is -2.32. The molecule has 1 aromatic carbocycles. The number of carbonyl (C=O) groups excluding carboxylic acids is 3.